The smallest absolute Gasteiger partial charge is 0.308 e. The van der Waals surface area contributed by atoms with Crippen molar-refractivity contribution in [2.24, 2.45) is 0 Å². The van der Waals surface area contributed by atoms with Crippen LogP contribution in [0.25, 0.3) is 6.08 Å². The number of likely N-dealkylation sites (tertiary alicyclic amines) is 1. The van der Waals surface area contributed by atoms with Gasteiger partial charge in [-0.3, -0.25) is 24.1 Å². The van der Waals surface area contributed by atoms with Crippen molar-refractivity contribution in [1.82, 2.24) is 4.90 Å². The first-order chi connectivity index (χ1) is 11.4. The van der Waals surface area contributed by atoms with E-state index in [9.17, 15) is 19.2 Å². The highest BCUT2D eigenvalue weighted by atomic mass is 16.6. The molecular weight excluding hydrogens is 314 g/mol. The zero-order chi connectivity index (χ0) is 17.7. The van der Waals surface area contributed by atoms with Gasteiger partial charge in [0.15, 0.2) is 11.5 Å². The molecule has 1 fully saturated rings. The van der Waals surface area contributed by atoms with Crippen LogP contribution in [-0.2, 0) is 19.2 Å². The highest BCUT2D eigenvalue weighted by molar-refractivity contribution is 6.03. The molecule has 7 nitrogen and oxygen atoms in total. The lowest BCUT2D eigenvalue weighted by molar-refractivity contribution is -0.139. The van der Waals surface area contributed by atoms with E-state index in [1.54, 1.807) is 6.07 Å². The number of nitrogens with zero attached hydrogens (tertiary/aromatic N) is 1. The number of hydrogen-bond donors (Lipinski definition) is 0. The number of hydrogen-bond acceptors (Lipinski definition) is 6. The quantitative estimate of drug-likeness (QED) is 0.474. The number of rotatable bonds is 4. The number of carbonyl (C=O) groups excluding carboxylic acids is 4. The molecule has 1 aromatic carbocycles. The Kier molecular flexibility index (Phi) is 5.47. The Balaban J connectivity index is 2.19. The standard InChI is InChI=1S/C17H17NO6/c1-11(19)23-14-7-5-13(10-15(14)24-12(2)20)6-8-17(22)18-9-3-4-16(18)21/h5-8,10H,3-4,9H2,1-2H3. The molecule has 126 valence electrons. The van der Waals surface area contributed by atoms with Crippen LogP contribution in [0.3, 0.4) is 0 Å². The average Bonchev–Trinajstić information content (AvgIpc) is 2.92. The first kappa shape index (κ1) is 17.4. The van der Waals surface area contributed by atoms with Gasteiger partial charge in [-0.2, -0.15) is 0 Å². The van der Waals surface area contributed by atoms with Gasteiger partial charge in [-0.15, -0.1) is 0 Å². The molecule has 1 saturated heterocycles. The van der Waals surface area contributed by atoms with E-state index in [4.69, 9.17) is 9.47 Å². The average molecular weight is 331 g/mol. The topological polar surface area (TPSA) is 90.0 Å². The lowest BCUT2D eigenvalue weighted by Crippen LogP contribution is -2.30. The van der Waals surface area contributed by atoms with Gasteiger partial charge < -0.3 is 9.47 Å². The maximum Gasteiger partial charge on any atom is 0.308 e. The summed E-state index contributed by atoms with van der Waals surface area (Å²) in [5, 5.41) is 0. The van der Waals surface area contributed by atoms with Crippen LogP contribution in [0, 0.1) is 0 Å². The Morgan fingerprint density at radius 2 is 1.75 bits per heavy atom. The maximum absolute atomic E-state index is 12.0. The molecular formula is C17H17NO6. The summed E-state index contributed by atoms with van der Waals surface area (Å²) in [4.78, 5) is 46.9. The summed E-state index contributed by atoms with van der Waals surface area (Å²) in [6, 6.07) is 4.53. The number of ether oxygens (including phenoxy) is 2. The van der Waals surface area contributed by atoms with Gasteiger partial charge in [0.25, 0.3) is 5.91 Å². The number of esters is 2. The van der Waals surface area contributed by atoms with Crippen LogP contribution in [-0.4, -0.2) is 35.2 Å². The zero-order valence-electron chi connectivity index (χ0n) is 13.4. The van der Waals surface area contributed by atoms with Crippen molar-refractivity contribution in [3.05, 3.63) is 29.8 Å². The summed E-state index contributed by atoms with van der Waals surface area (Å²) < 4.78 is 9.97. The molecule has 24 heavy (non-hydrogen) atoms. The third-order valence-corrected chi connectivity index (χ3v) is 3.23. The molecule has 0 saturated carbocycles. The van der Waals surface area contributed by atoms with Gasteiger partial charge in [0.2, 0.25) is 5.91 Å². The van der Waals surface area contributed by atoms with Crippen LogP contribution in [0.2, 0.25) is 0 Å². The van der Waals surface area contributed by atoms with E-state index in [2.05, 4.69) is 0 Å². The third-order valence-electron chi connectivity index (χ3n) is 3.23. The lowest BCUT2D eigenvalue weighted by atomic mass is 10.2. The summed E-state index contributed by atoms with van der Waals surface area (Å²) in [5.41, 5.74) is 0.558. The second-order valence-electron chi connectivity index (χ2n) is 5.21. The largest absolute Gasteiger partial charge is 0.423 e. The van der Waals surface area contributed by atoms with E-state index in [0.717, 1.165) is 0 Å². The molecule has 0 atom stereocenters. The zero-order valence-corrected chi connectivity index (χ0v) is 13.4. The minimum atomic E-state index is -0.566. The van der Waals surface area contributed by atoms with Crippen molar-refractivity contribution < 1.29 is 28.7 Å². The fourth-order valence-corrected chi connectivity index (χ4v) is 2.24. The maximum atomic E-state index is 12.0. The molecule has 0 radical (unpaired) electrons. The van der Waals surface area contributed by atoms with E-state index >= 15 is 0 Å². The number of amides is 2. The second kappa shape index (κ2) is 7.54. The van der Waals surface area contributed by atoms with Gasteiger partial charge in [0.05, 0.1) is 0 Å². The predicted molar refractivity (Wildman–Crippen MR) is 84.0 cm³/mol. The number of benzene rings is 1. The van der Waals surface area contributed by atoms with Crippen molar-refractivity contribution in [1.29, 1.82) is 0 Å². The summed E-state index contributed by atoms with van der Waals surface area (Å²) in [6.45, 7) is 2.88. The molecule has 1 heterocycles. The normalized spacial score (nSPS) is 14.1. The summed E-state index contributed by atoms with van der Waals surface area (Å²) in [7, 11) is 0. The van der Waals surface area contributed by atoms with Gasteiger partial charge in [0, 0.05) is 32.9 Å². The monoisotopic (exact) mass is 331 g/mol. The Labute approximate surface area is 138 Å². The molecule has 7 heteroatoms. The van der Waals surface area contributed by atoms with Crippen LogP contribution >= 0.6 is 0 Å². The van der Waals surface area contributed by atoms with Gasteiger partial charge in [-0.25, -0.2) is 0 Å². The Morgan fingerprint density at radius 1 is 1.08 bits per heavy atom. The van der Waals surface area contributed by atoms with E-state index in [1.165, 1.54) is 43.0 Å². The van der Waals surface area contributed by atoms with Crippen molar-refractivity contribution in [3.8, 4) is 11.5 Å². The molecule has 0 N–H and O–H groups in total. The fourth-order valence-electron chi connectivity index (χ4n) is 2.24. The predicted octanol–water partition coefficient (Wildman–Crippen LogP) is 1.70. The molecule has 2 rings (SSSR count). The second-order valence-corrected chi connectivity index (χ2v) is 5.21. The Morgan fingerprint density at radius 3 is 2.33 bits per heavy atom. The highest BCUT2D eigenvalue weighted by Crippen LogP contribution is 2.29. The summed E-state index contributed by atoms with van der Waals surface area (Å²) in [5.74, 6) is -1.51. The van der Waals surface area contributed by atoms with Gasteiger partial charge >= 0.3 is 11.9 Å². The molecule has 0 unspecified atom stereocenters. The molecule has 0 aliphatic carbocycles. The van der Waals surface area contributed by atoms with E-state index in [0.29, 0.717) is 24.9 Å². The van der Waals surface area contributed by atoms with Crippen LogP contribution in [0.15, 0.2) is 24.3 Å². The van der Waals surface area contributed by atoms with Crippen LogP contribution in [0.1, 0.15) is 32.3 Å². The third kappa shape index (κ3) is 4.52. The molecule has 2 amide bonds. The Hall–Kier alpha value is -2.96. The van der Waals surface area contributed by atoms with Gasteiger partial charge in [0.1, 0.15) is 0 Å². The van der Waals surface area contributed by atoms with Crippen molar-refractivity contribution >= 4 is 29.8 Å². The van der Waals surface area contributed by atoms with Gasteiger partial charge in [-0.05, 0) is 30.2 Å². The SMILES string of the molecule is CC(=O)Oc1ccc(C=CC(=O)N2CCCC2=O)cc1OC(C)=O. The lowest BCUT2D eigenvalue weighted by Gasteiger charge is -2.10. The van der Waals surface area contributed by atoms with Crippen LogP contribution in [0.4, 0.5) is 0 Å². The minimum absolute atomic E-state index is 0.0737. The van der Waals surface area contributed by atoms with Crippen molar-refractivity contribution in [3.63, 3.8) is 0 Å². The summed E-state index contributed by atoms with van der Waals surface area (Å²) in [6.07, 6.45) is 3.83. The highest BCUT2D eigenvalue weighted by Gasteiger charge is 2.24. The Bertz CT molecular complexity index is 722. The number of imide groups is 1. The van der Waals surface area contributed by atoms with E-state index in [1.807, 2.05) is 0 Å². The van der Waals surface area contributed by atoms with E-state index < -0.39 is 17.8 Å². The summed E-state index contributed by atoms with van der Waals surface area (Å²) >= 11 is 0. The van der Waals surface area contributed by atoms with Crippen molar-refractivity contribution in [2.45, 2.75) is 26.7 Å². The van der Waals surface area contributed by atoms with Crippen molar-refractivity contribution in [2.75, 3.05) is 6.54 Å². The van der Waals surface area contributed by atoms with E-state index in [-0.39, 0.29) is 17.4 Å². The number of carbonyl (C=O) groups is 4. The fraction of sp³-hybridized carbons (Fsp3) is 0.294. The molecule has 0 aromatic heterocycles. The molecule has 1 aliphatic heterocycles. The first-order valence-electron chi connectivity index (χ1n) is 7.40. The van der Waals surface area contributed by atoms with Crippen LogP contribution in [0.5, 0.6) is 11.5 Å². The van der Waals surface area contributed by atoms with Crippen LogP contribution < -0.4 is 9.47 Å². The first-order valence-corrected chi connectivity index (χ1v) is 7.40. The minimum Gasteiger partial charge on any atom is -0.423 e. The molecule has 1 aromatic rings. The molecule has 0 bridgehead atoms. The van der Waals surface area contributed by atoms with Gasteiger partial charge in [-0.1, -0.05) is 6.07 Å². The molecule has 1 aliphatic rings. The molecule has 0 spiro atoms.